The summed E-state index contributed by atoms with van der Waals surface area (Å²) < 4.78 is 38.2. The van der Waals surface area contributed by atoms with Crippen LogP contribution in [0.2, 0.25) is 5.02 Å². The summed E-state index contributed by atoms with van der Waals surface area (Å²) in [6.07, 6.45) is 4.33. The van der Waals surface area contributed by atoms with E-state index in [-0.39, 0.29) is 23.0 Å². The Balaban J connectivity index is 1.24. The number of benzene rings is 3. The molecule has 2 bridgehead atoms. The van der Waals surface area contributed by atoms with Gasteiger partial charge < -0.3 is 24.5 Å². The highest BCUT2D eigenvalue weighted by atomic mass is 35.5. The number of aromatic nitrogens is 3. The Morgan fingerprint density at radius 3 is 2.57 bits per heavy atom. The number of ether oxygens (including phenoxy) is 1. The second-order valence-electron chi connectivity index (χ2n) is 12.6. The zero-order valence-electron chi connectivity index (χ0n) is 24.5. The van der Waals surface area contributed by atoms with E-state index in [1.807, 2.05) is 46.8 Å². The maximum atomic E-state index is 14.2. The molecular weight excluding hydrogens is 584 g/mol. The molecule has 0 unspecified atom stereocenters. The van der Waals surface area contributed by atoms with Crippen LogP contribution in [0.3, 0.4) is 0 Å². The average molecular weight is 616 g/mol. The number of likely N-dealkylation sites (tertiary alicyclic amines) is 1. The fourth-order valence-corrected chi connectivity index (χ4v) is 7.57. The highest BCUT2D eigenvalue weighted by Crippen LogP contribution is 2.41. The number of hydrogen-bond acceptors (Lipinski definition) is 4. The van der Waals surface area contributed by atoms with Gasteiger partial charge in [-0.2, -0.15) is 0 Å². The molecule has 2 saturated carbocycles. The molecule has 3 atom stereocenters. The lowest BCUT2D eigenvalue weighted by Gasteiger charge is -2.27. The van der Waals surface area contributed by atoms with Crippen molar-refractivity contribution in [2.45, 2.75) is 44.3 Å². The van der Waals surface area contributed by atoms with Crippen LogP contribution in [0.25, 0.3) is 44.6 Å². The number of carbonyl (C=O) groups excluding carboxylic acids is 1. The minimum atomic E-state index is -1.05. The van der Waals surface area contributed by atoms with Crippen LogP contribution in [-0.4, -0.2) is 50.7 Å². The average Bonchev–Trinajstić information content (AvgIpc) is 3.42. The maximum Gasteiger partial charge on any atom is 0.254 e. The van der Waals surface area contributed by atoms with Crippen LogP contribution < -0.4 is 10.5 Å². The summed E-state index contributed by atoms with van der Waals surface area (Å²) in [6, 6.07) is 14.4. The first-order valence-corrected chi connectivity index (χ1v) is 15.5. The number of carbonyl (C=O) groups is 1. The number of halogens is 3. The van der Waals surface area contributed by atoms with Crippen LogP contribution in [0.5, 0.6) is 5.75 Å². The number of methoxy groups -OCH3 is 1. The van der Waals surface area contributed by atoms with Gasteiger partial charge in [-0.15, -0.1) is 0 Å². The third-order valence-corrected chi connectivity index (χ3v) is 10.2. The Hall–Kier alpha value is -3.95. The Morgan fingerprint density at radius 1 is 1.07 bits per heavy atom. The summed E-state index contributed by atoms with van der Waals surface area (Å²) in [6.45, 7) is 1.50. The van der Waals surface area contributed by atoms with Crippen molar-refractivity contribution in [2.24, 2.45) is 24.6 Å². The number of hydrogen-bond donors (Lipinski definition) is 1. The van der Waals surface area contributed by atoms with Gasteiger partial charge in [0.2, 0.25) is 0 Å². The first-order valence-electron chi connectivity index (χ1n) is 15.1. The summed E-state index contributed by atoms with van der Waals surface area (Å²) in [5.41, 5.74) is 11.6. The minimum Gasteiger partial charge on any atom is -0.494 e. The van der Waals surface area contributed by atoms with Crippen molar-refractivity contribution in [1.29, 1.82) is 0 Å². The molecule has 3 heterocycles. The lowest BCUT2D eigenvalue weighted by molar-refractivity contribution is 0.0700. The van der Waals surface area contributed by atoms with Gasteiger partial charge in [0.1, 0.15) is 11.3 Å². The molecule has 3 fully saturated rings. The second kappa shape index (κ2) is 10.0. The predicted molar refractivity (Wildman–Crippen MR) is 167 cm³/mol. The quantitative estimate of drug-likeness (QED) is 0.214. The van der Waals surface area contributed by atoms with Crippen molar-refractivity contribution in [3.8, 4) is 28.4 Å². The highest BCUT2D eigenvalue weighted by molar-refractivity contribution is 6.31. The van der Waals surface area contributed by atoms with E-state index in [2.05, 4.69) is 10.6 Å². The van der Waals surface area contributed by atoms with Crippen molar-refractivity contribution in [2.75, 3.05) is 13.7 Å². The lowest BCUT2D eigenvalue weighted by Crippen LogP contribution is -2.41. The fraction of sp³-hybridized carbons (Fsp3) is 0.353. The molecule has 0 radical (unpaired) electrons. The highest BCUT2D eigenvalue weighted by Gasteiger charge is 2.47. The second-order valence-corrected chi connectivity index (χ2v) is 13.0. The van der Waals surface area contributed by atoms with E-state index in [1.165, 1.54) is 12.1 Å². The predicted octanol–water partition coefficient (Wildman–Crippen LogP) is 6.77. The largest absolute Gasteiger partial charge is 0.494 e. The first kappa shape index (κ1) is 27.6. The number of fused-ring (bicyclic) bond motifs is 4. The van der Waals surface area contributed by atoms with Crippen molar-refractivity contribution >= 4 is 39.4 Å². The lowest BCUT2D eigenvalue weighted by atomic mass is 10.0. The van der Waals surface area contributed by atoms with Gasteiger partial charge in [0, 0.05) is 48.7 Å². The number of aryl methyl sites for hydroxylation is 1. The zero-order chi connectivity index (χ0) is 30.4. The molecule has 1 amide bonds. The number of imidazole rings is 1. The topological polar surface area (TPSA) is 78.3 Å². The zero-order valence-corrected chi connectivity index (χ0v) is 25.2. The number of amides is 1. The van der Waals surface area contributed by atoms with Crippen molar-refractivity contribution < 1.29 is 18.3 Å². The molecular formula is C34H32ClF2N5O2. The molecule has 5 aromatic rings. The monoisotopic (exact) mass is 615 g/mol. The normalized spacial score (nSPS) is 21.2. The molecule has 2 N–H and O–H groups in total. The van der Waals surface area contributed by atoms with Crippen LogP contribution in [0.1, 0.15) is 36.0 Å². The van der Waals surface area contributed by atoms with Gasteiger partial charge in [0.25, 0.3) is 5.91 Å². The van der Waals surface area contributed by atoms with Gasteiger partial charge in [-0.25, -0.2) is 13.8 Å². The van der Waals surface area contributed by atoms with E-state index >= 15 is 0 Å². The van der Waals surface area contributed by atoms with Gasteiger partial charge >= 0.3 is 0 Å². The van der Waals surface area contributed by atoms with E-state index < -0.39 is 11.6 Å². The minimum absolute atomic E-state index is 0.0345. The fourth-order valence-electron chi connectivity index (χ4n) is 7.36. The SMILES string of the molecule is COc1cc(C(=O)N2C[C@H]3CC[C@@H]2[C@@H]3N)cc2nc(-c3cc4ccc(-c5cc(F)c(F)c(Cl)c5)cc4n3CC3CC3)n(C)c12. The summed E-state index contributed by atoms with van der Waals surface area (Å²) in [4.78, 5) is 20.7. The molecule has 1 saturated heterocycles. The van der Waals surface area contributed by atoms with Crippen LogP contribution in [0.4, 0.5) is 8.78 Å². The van der Waals surface area contributed by atoms with Crippen LogP contribution in [-0.2, 0) is 13.6 Å². The Morgan fingerprint density at radius 2 is 1.89 bits per heavy atom. The van der Waals surface area contributed by atoms with E-state index in [0.717, 1.165) is 65.7 Å². The number of piperidine rings is 1. The molecule has 2 aliphatic carbocycles. The van der Waals surface area contributed by atoms with Gasteiger partial charge in [-0.1, -0.05) is 23.7 Å². The molecule has 3 aliphatic rings. The third kappa shape index (κ3) is 4.24. The molecule has 226 valence electrons. The summed E-state index contributed by atoms with van der Waals surface area (Å²) in [7, 11) is 3.57. The smallest absolute Gasteiger partial charge is 0.254 e. The van der Waals surface area contributed by atoms with Gasteiger partial charge in [0.05, 0.1) is 23.3 Å². The molecule has 0 spiro atoms. The standard InChI is InChI=1S/C34H32ClF2N5O2/c1-40-32-25(11-22(14-29(32)44-2)34(43)42-16-20-7-8-26(42)31(20)38)39-33(40)28-13-19-6-5-18(12-27(19)41(28)15-17-3-4-17)21-9-23(35)30(37)24(36)10-21/h5-6,9-14,17,20,26,31H,3-4,7-8,15-16,38H2,1-2H3/t20-,26-,31-/m1/s1. The number of rotatable bonds is 6. The summed E-state index contributed by atoms with van der Waals surface area (Å²) in [5, 5.41) is 0.758. The maximum absolute atomic E-state index is 14.2. The molecule has 2 aromatic heterocycles. The van der Waals surface area contributed by atoms with Crippen molar-refractivity contribution in [1.82, 2.24) is 19.0 Å². The molecule has 3 aromatic carbocycles. The molecule has 10 heteroatoms. The van der Waals surface area contributed by atoms with Gasteiger partial charge in [-0.05, 0) is 85.0 Å². The van der Waals surface area contributed by atoms with E-state index in [4.69, 9.17) is 27.1 Å². The molecule has 8 rings (SSSR count). The summed E-state index contributed by atoms with van der Waals surface area (Å²) in [5.74, 6) is 0.197. The van der Waals surface area contributed by atoms with Gasteiger partial charge in [0.15, 0.2) is 17.5 Å². The molecule has 7 nitrogen and oxygen atoms in total. The van der Waals surface area contributed by atoms with Crippen LogP contribution in [0, 0.1) is 23.5 Å². The number of nitrogens with zero attached hydrogens (tertiary/aromatic N) is 4. The Bertz CT molecular complexity index is 1970. The van der Waals surface area contributed by atoms with Crippen molar-refractivity contribution in [3.05, 3.63) is 70.8 Å². The van der Waals surface area contributed by atoms with E-state index in [1.54, 1.807) is 7.11 Å². The summed E-state index contributed by atoms with van der Waals surface area (Å²) >= 11 is 5.98. The third-order valence-electron chi connectivity index (χ3n) is 9.90. The number of nitrogens with two attached hydrogens (primary N) is 1. The van der Waals surface area contributed by atoms with Crippen LogP contribution in [0.15, 0.2) is 48.5 Å². The molecule has 44 heavy (non-hydrogen) atoms. The van der Waals surface area contributed by atoms with Crippen LogP contribution >= 0.6 is 11.6 Å². The van der Waals surface area contributed by atoms with E-state index in [0.29, 0.717) is 40.8 Å². The van der Waals surface area contributed by atoms with Gasteiger partial charge in [-0.3, -0.25) is 4.79 Å². The van der Waals surface area contributed by atoms with Crippen molar-refractivity contribution in [3.63, 3.8) is 0 Å². The van der Waals surface area contributed by atoms with E-state index in [9.17, 15) is 13.6 Å². The molecule has 1 aliphatic heterocycles. The Kier molecular flexibility index (Phi) is 6.29. The first-order chi connectivity index (χ1) is 21.2. The Labute approximate surface area is 258 Å².